The Kier molecular flexibility index (Phi) is 3.24. The van der Waals surface area contributed by atoms with Crippen LogP contribution in [0.5, 0.6) is 0 Å². The summed E-state index contributed by atoms with van der Waals surface area (Å²) in [6.45, 7) is 0. The Bertz CT molecular complexity index is 503. The van der Waals surface area contributed by atoms with Gasteiger partial charge in [-0.2, -0.15) is 0 Å². The predicted molar refractivity (Wildman–Crippen MR) is 65.2 cm³/mol. The molecule has 0 saturated carbocycles. The van der Waals surface area contributed by atoms with Crippen molar-refractivity contribution in [2.45, 2.75) is 0 Å². The maximum atomic E-state index is 5.98. The maximum absolute atomic E-state index is 5.98. The minimum Gasteiger partial charge on any atom is -0.226 e. The van der Waals surface area contributed by atoms with Crippen LogP contribution in [0.1, 0.15) is 0 Å². The fourth-order valence-corrected chi connectivity index (χ4v) is 2.11. The molecular weight excluding hydrogens is 299 g/mol. The summed E-state index contributed by atoms with van der Waals surface area (Å²) in [5, 5.41) is 0.498. The lowest BCUT2D eigenvalue weighted by molar-refractivity contribution is 1.17. The molecule has 76 valence electrons. The zero-order valence-corrected chi connectivity index (χ0v) is 10.5. The van der Waals surface area contributed by atoms with E-state index in [0.29, 0.717) is 5.15 Å². The molecule has 0 radical (unpaired) electrons. The minimum atomic E-state index is 0.149. The van der Waals surface area contributed by atoms with Gasteiger partial charge < -0.3 is 0 Å². The Balaban J connectivity index is 2.60. The molecule has 0 fully saturated rings. The van der Waals surface area contributed by atoms with E-state index in [0.717, 1.165) is 15.6 Å². The molecule has 2 rings (SSSR count). The summed E-state index contributed by atoms with van der Waals surface area (Å²) in [6, 6.07) is 7.71. The summed E-state index contributed by atoms with van der Waals surface area (Å²) >= 11 is 15.0. The van der Waals surface area contributed by atoms with Crippen LogP contribution in [0.3, 0.4) is 0 Å². The summed E-state index contributed by atoms with van der Waals surface area (Å²) in [5.74, 6) is 0. The summed E-state index contributed by atoms with van der Waals surface area (Å²) < 4.78 is 0.942. The van der Waals surface area contributed by atoms with E-state index in [9.17, 15) is 0 Å². The van der Waals surface area contributed by atoms with E-state index >= 15 is 0 Å². The Labute approximate surface area is 105 Å². The summed E-state index contributed by atoms with van der Waals surface area (Å²) in [7, 11) is 0. The van der Waals surface area contributed by atoms with Crippen LogP contribution in [0, 0.1) is 0 Å². The second-order valence-electron chi connectivity index (χ2n) is 2.82. The number of aromatic nitrogens is 2. The largest absolute Gasteiger partial charge is 0.226 e. The lowest BCUT2D eigenvalue weighted by Gasteiger charge is -2.05. The zero-order valence-electron chi connectivity index (χ0n) is 7.42. The quantitative estimate of drug-likeness (QED) is 0.582. The molecule has 0 amide bonds. The third-order valence-corrected chi connectivity index (χ3v) is 3.04. The molecule has 15 heavy (non-hydrogen) atoms. The van der Waals surface area contributed by atoms with Crippen molar-refractivity contribution in [3.8, 4) is 11.1 Å². The lowest BCUT2D eigenvalue weighted by Crippen LogP contribution is -1.88. The molecular formula is C10H5BrCl2N2. The molecule has 1 aromatic carbocycles. The van der Waals surface area contributed by atoms with Crippen molar-refractivity contribution in [3.63, 3.8) is 0 Å². The first-order chi connectivity index (χ1) is 7.18. The van der Waals surface area contributed by atoms with Crippen molar-refractivity contribution >= 4 is 39.1 Å². The molecule has 0 spiro atoms. The number of nitrogens with zero attached hydrogens (tertiary/aromatic N) is 2. The van der Waals surface area contributed by atoms with Gasteiger partial charge in [-0.25, -0.2) is 9.97 Å². The van der Waals surface area contributed by atoms with E-state index in [2.05, 4.69) is 25.9 Å². The average molecular weight is 304 g/mol. The molecule has 0 aliphatic heterocycles. The molecule has 5 heteroatoms. The van der Waals surface area contributed by atoms with Crippen LogP contribution >= 0.6 is 39.1 Å². The molecule has 0 saturated heterocycles. The van der Waals surface area contributed by atoms with Crippen LogP contribution in [0.4, 0.5) is 0 Å². The Morgan fingerprint density at radius 3 is 2.47 bits per heavy atom. The first kappa shape index (κ1) is 10.9. The molecule has 0 bridgehead atoms. The number of hydrogen-bond donors (Lipinski definition) is 0. The van der Waals surface area contributed by atoms with Gasteiger partial charge in [-0.15, -0.1) is 0 Å². The standard InChI is InChI=1S/C10H5BrCl2N2/c11-8-4-2-1-3-6(8)7-5-14-10(13)15-9(7)12/h1-5H. The smallest absolute Gasteiger partial charge is 0.223 e. The van der Waals surface area contributed by atoms with Gasteiger partial charge in [0, 0.05) is 21.8 Å². The van der Waals surface area contributed by atoms with Gasteiger partial charge in [0.1, 0.15) is 5.15 Å². The number of rotatable bonds is 1. The summed E-state index contributed by atoms with van der Waals surface area (Å²) in [4.78, 5) is 7.80. The highest BCUT2D eigenvalue weighted by atomic mass is 79.9. The SMILES string of the molecule is Clc1ncc(-c2ccccc2Br)c(Cl)n1. The molecule has 0 unspecified atom stereocenters. The molecule has 0 atom stereocenters. The summed E-state index contributed by atoms with van der Waals surface area (Å²) in [5.41, 5.74) is 1.70. The number of halogens is 3. The normalized spacial score (nSPS) is 10.3. The van der Waals surface area contributed by atoms with Crippen LogP contribution in [0.15, 0.2) is 34.9 Å². The molecule has 1 aromatic heterocycles. The first-order valence-electron chi connectivity index (χ1n) is 4.11. The van der Waals surface area contributed by atoms with Gasteiger partial charge in [0.05, 0.1) is 0 Å². The second kappa shape index (κ2) is 4.47. The van der Waals surface area contributed by atoms with Crippen molar-refractivity contribution in [2.24, 2.45) is 0 Å². The lowest BCUT2D eigenvalue weighted by atomic mass is 10.1. The highest BCUT2D eigenvalue weighted by Gasteiger charge is 2.08. The second-order valence-corrected chi connectivity index (χ2v) is 4.37. The first-order valence-corrected chi connectivity index (χ1v) is 5.66. The Morgan fingerprint density at radius 1 is 1.07 bits per heavy atom. The number of hydrogen-bond acceptors (Lipinski definition) is 2. The van der Waals surface area contributed by atoms with Gasteiger partial charge in [0.15, 0.2) is 0 Å². The van der Waals surface area contributed by atoms with Crippen molar-refractivity contribution in [1.82, 2.24) is 9.97 Å². The fraction of sp³-hybridized carbons (Fsp3) is 0. The molecule has 2 aromatic rings. The minimum absolute atomic E-state index is 0.149. The van der Waals surface area contributed by atoms with Gasteiger partial charge in [-0.05, 0) is 17.7 Å². The predicted octanol–water partition coefficient (Wildman–Crippen LogP) is 4.21. The average Bonchev–Trinajstić information content (AvgIpc) is 2.20. The molecule has 0 aliphatic carbocycles. The maximum Gasteiger partial charge on any atom is 0.223 e. The number of benzene rings is 1. The van der Waals surface area contributed by atoms with E-state index in [4.69, 9.17) is 23.2 Å². The van der Waals surface area contributed by atoms with Gasteiger partial charge in [0.2, 0.25) is 5.28 Å². The van der Waals surface area contributed by atoms with E-state index in [1.807, 2.05) is 24.3 Å². The third kappa shape index (κ3) is 2.30. The van der Waals surface area contributed by atoms with Crippen molar-refractivity contribution < 1.29 is 0 Å². The van der Waals surface area contributed by atoms with Crippen LogP contribution in [-0.4, -0.2) is 9.97 Å². The van der Waals surface area contributed by atoms with Crippen LogP contribution in [0.25, 0.3) is 11.1 Å². The summed E-state index contributed by atoms with van der Waals surface area (Å²) in [6.07, 6.45) is 1.61. The zero-order chi connectivity index (χ0) is 10.8. The molecule has 0 N–H and O–H groups in total. The van der Waals surface area contributed by atoms with Crippen molar-refractivity contribution in [2.75, 3.05) is 0 Å². The van der Waals surface area contributed by atoms with Crippen molar-refractivity contribution in [1.29, 1.82) is 0 Å². The van der Waals surface area contributed by atoms with E-state index in [1.54, 1.807) is 6.20 Å². The van der Waals surface area contributed by atoms with Gasteiger partial charge in [0.25, 0.3) is 0 Å². The van der Waals surface area contributed by atoms with Gasteiger partial charge in [-0.1, -0.05) is 45.7 Å². The van der Waals surface area contributed by atoms with E-state index in [1.165, 1.54) is 0 Å². The van der Waals surface area contributed by atoms with E-state index < -0.39 is 0 Å². The fourth-order valence-electron chi connectivity index (χ4n) is 1.20. The molecule has 0 aliphatic rings. The molecule has 1 heterocycles. The monoisotopic (exact) mass is 302 g/mol. The Morgan fingerprint density at radius 2 is 1.80 bits per heavy atom. The van der Waals surface area contributed by atoms with Crippen molar-refractivity contribution in [3.05, 3.63) is 45.4 Å². The third-order valence-electron chi connectivity index (χ3n) is 1.88. The topological polar surface area (TPSA) is 25.8 Å². The van der Waals surface area contributed by atoms with Crippen LogP contribution in [0.2, 0.25) is 10.4 Å². The van der Waals surface area contributed by atoms with Gasteiger partial charge >= 0.3 is 0 Å². The highest BCUT2D eigenvalue weighted by molar-refractivity contribution is 9.10. The van der Waals surface area contributed by atoms with Gasteiger partial charge in [-0.3, -0.25) is 0 Å². The molecule has 2 nitrogen and oxygen atoms in total. The van der Waals surface area contributed by atoms with E-state index in [-0.39, 0.29) is 5.28 Å². The Hall–Kier alpha value is -0.640. The highest BCUT2D eigenvalue weighted by Crippen LogP contribution is 2.31. The van der Waals surface area contributed by atoms with Crippen LogP contribution < -0.4 is 0 Å². The van der Waals surface area contributed by atoms with Crippen LogP contribution in [-0.2, 0) is 0 Å².